The maximum Gasteiger partial charge on any atom is 0.264 e. The summed E-state index contributed by atoms with van der Waals surface area (Å²) in [6, 6.07) is 7.68. The Morgan fingerprint density at radius 3 is 2.81 bits per heavy atom. The molecule has 0 radical (unpaired) electrons. The Morgan fingerprint density at radius 1 is 1.33 bits per heavy atom. The van der Waals surface area contributed by atoms with Crippen LogP contribution < -0.4 is 11.3 Å². The molecule has 106 valence electrons. The van der Waals surface area contributed by atoms with Crippen LogP contribution in [0, 0.1) is 6.92 Å². The molecule has 0 unspecified atom stereocenters. The minimum Gasteiger partial charge on any atom is -0.368 e. The van der Waals surface area contributed by atoms with E-state index in [1.54, 1.807) is 4.68 Å². The highest BCUT2D eigenvalue weighted by Gasteiger charge is 2.13. The molecule has 0 spiro atoms. The molecule has 0 saturated heterocycles. The number of para-hydroxylation sites is 1. The monoisotopic (exact) mass is 283 g/mol. The summed E-state index contributed by atoms with van der Waals surface area (Å²) in [4.78, 5) is 27.4. The number of amides is 1. The van der Waals surface area contributed by atoms with Crippen molar-refractivity contribution in [1.82, 2.24) is 19.3 Å². The molecule has 7 nitrogen and oxygen atoms in total. The Morgan fingerprint density at radius 2 is 2.10 bits per heavy atom. The molecule has 0 aliphatic carbocycles. The third-order valence-corrected chi connectivity index (χ3v) is 3.22. The molecule has 7 heteroatoms. The minimum absolute atomic E-state index is 0.197. The summed E-state index contributed by atoms with van der Waals surface area (Å²) in [5.74, 6) is -0.593. The van der Waals surface area contributed by atoms with Crippen LogP contribution in [-0.4, -0.2) is 25.2 Å². The number of carbonyl (C=O) groups excluding carboxylic acids is 1. The van der Waals surface area contributed by atoms with Gasteiger partial charge in [-0.1, -0.05) is 18.2 Å². The topological polar surface area (TPSA) is 95.8 Å². The van der Waals surface area contributed by atoms with Gasteiger partial charge in [0, 0.05) is 0 Å². The lowest BCUT2D eigenvalue weighted by Gasteiger charge is -2.07. The quantitative estimate of drug-likeness (QED) is 0.751. The van der Waals surface area contributed by atoms with Gasteiger partial charge >= 0.3 is 0 Å². The largest absolute Gasteiger partial charge is 0.368 e. The standard InChI is InChI=1S/C14H13N5O2/c1-9-4-2-3-5-11(9)19-13-10(6-17-19)14(21)18(8-16-13)7-12(15)20/h2-6,8H,7H2,1H3,(H2,15,20). The van der Waals surface area contributed by atoms with Crippen molar-refractivity contribution in [3.8, 4) is 5.69 Å². The van der Waals surface area contributed by atoms with Crippen LogP contribution in [0.4, 0.5) is 0 Å². The molecular weight excluding hydrogens is 270 g/mol. The van der Waals surface area contributed by atoms with Crippen molar-refractivity contribution in [2.45, 2.75) is 13.5 Å². The van der Waals surface area contributed by atoms with E-state index in [-0.39, 0.29) is 12.1 Å². The Labute approximate surface area is 119 Å². The Bertz CT molecular complexity index is 894. The van der Waals surface area contributed by atoms with Crippen molar-refractivity contribution in [3.63, 3.8) is 0 Å². The van der Waals surface area contributed by atoms with E-state index < -0.39 is 5.91 Å². The van der Waals surface area contributed by atoms with Gasteiger partial charge in [0.05, 0.1) is 11.9 Å². The third-order valence-electron chi connectivity index (χ3n) is 3.22. The lowest BCUT2D eigenvalue weighted by molar-refractivity contribution is -0.118. The second-order valence-electron chi connectivity index (χ2n) is 4.72. The van der Waals surface area contributed by atoms with Crippen molar-refractivity contribution < 1.29 is 4.79 Å². The fourth-order valence-corrected chi connectivity index (χ4v) is 2.21. The van der Waals surface area contributed by atoms with E-state index >= 15 is 0 Å². The average Bonchev–Trinajstić information content (AvgIpc) is 2.86. The Kier molecular flexibility index (Phi) is 3.02. The SMILES string of the molecule is Cc1ccccc1-n1ncc2c(=O)n(CC(N)=O)cnc21. The van der Waals surface area contributed by atoms with Gasteiger partial charge in [0.25, 0.3) is 5.56 Å². The summed E-state index contributed by atoms with van der Waals surface area (Å²) in [7, 11) is 0. The fraction of sp³-hybridized carbons (Fsp3) is 0.143. The first-order chi connectivity index (χ1) is 10.1. The van der Waals surface area contributed by atoms with E-state index in [1.807, 2.05) is 31.2 Å². The van der Waals surface area contributed by atoms with Crippen LogP contribution in [0.25, 0.3) is 16.7 Å². The summed E-state index contributed by atoms with van der Waals surface area (Å²) in [5, 5.41) is 4.58. The van der Waals surface area contributed by atoms with Crippen LogP contribution >= 0.6 is 0 Å². The van der Waals surface area contributed by atoms with Crippen molar-refractivity contribution in [1.29, 1.82) is 0 Å². The van der Waals surface area contributed by atoms with Gasteiger partial charge in [-0.05, 0) is 18.6 Å². The van der Waals surface area contributed by atoms with Crippen LogP contribution in [0.3, 0.4) is 0 Å². The summed E-state index contributed by atoms with van der Waals surface area (Å²) in [5.41, 5.74) is 7.10. The van der Waals surface area contributed by atoms with Crippen LogP contribution in [-0.2, 0) is 11.3 Å². The molecule has 1 amide bonds. The summed E-state index contributed by atoms with van der Waals surface area (Å²) in [6.07, 6.45) is 2.76. The average molecular weight is 283 g/mol. The zero-order chi connectivity index (χ0) is 15.0. The number of nitrogens with two attached hydrogens (primary N) is 1. The van der Waals surface area contributed by atoms with Crippen LogP contribution in [0.1, 0.15) is 5.56 Å². The molecule has 3 rings (SSSR count). The third kappa shape index (κ3) is 2.18. The summed E-state index contributed by atoms with van der Waals surface area (Å²) in [6.45, 7) is 1.76. The van der Waals surface area contributed by atoms with Crippen molar-refractivity contribution in [2.75, 3.05) is 0 Å². The number of carbonyl (C=O) groups is 1. The van der Waals surface area contributed by atoms with E-state index in [2.05, 4.69) is 10.1 Å². The van der Waals surface area contributed by atoms with Gasteiger partial charge in [-0.3, -0.25) is 14.2 Å². The van der Waals surface area contributed by atoms with Gasteiger partial charge < -0.3 is 5.73 Å². The first kappa shape index (κ1) is 13.0. The summed E-state index contributed by atoms with van der Waals surface area (Å²) < 4.78 is 2.79. The maximum absolute atomic E-state index is 12.3. The first-order valence-electron chi connectivity index (χ1n) is 6.35. The Balaban J connectivity index is 2.21. The predicted octanol–water partition coefficient (Wildman–Crippen LogP) is 0.376. The number of aromatic nitrogens is 4. The highest BCUT2D eigenvalue weighted by Crippen LogP contribution is 2.16. The van der Waals surface area contributed by atoms with Gasteiger partial charge in [-0.2, -0.15) is 5.10 Å². The van der Waals surface area contributed by atoms with Gasteiger partial charge in [0.15, 0.2) is 5.65 Å². The second kappa shape index (κ2) is 4.86. The highest BCUT2D eigenvalue weighted by molar-refractivity contribution is 5.77. The predicted molar refractivity (Wildman–Crippen MR) is 77.1 cm³/mol. The molecular formula is C14H13N5O2. The zero-order valence-electron chi connectivity index (χ0n) is 11.4. The number of rotatable bonds is 3. The number of fused-ring (bicyclic) bond motifs is 1. The van der Waals surface area contributed by atoms with Crippen molar-refractivity contribution >= 4 is 16.9 Å². The fourth-order valence-electron chi connectivity index (χ4n) is 2.21. The number of hydrogen-bond donors (Lipinski definition) is 1. The first-order valence-corrected chi connectivity index (χ1v) is 6.35. The van der Waals surface area contributed by atoms with Crippen LogP contribution in [0.5, 0.6) is 0 Å². The molecule has 0 fully saturated rings. The molecule has 0 aliphatic rings. The van der Waals surface area contributed by atoms with E-state index in [9.17, 15) is 9.59 Å². The molecule has 0 bridgehead atoms. The number of hydrogen-bond acceptors (Lipinski definition) is 4. The van der Waals surface area contributed by atoms with Crippen LogP contribution in [0.2, 0.25) is 0 Å². The van der Waals surface area contributed by atoms with Crippen molar-refractivity contribution in [3.05, 3.63) is 52.7 Å². The second-order valence-corrected chi connectivity index (χ2v) is 4.72. The van der Waals surface area contributed by atoms with Gasteiger partial charge in [0.2, 0.25) is 5.91 Å². The van der Waals surface area contributed by atoms with Gasteiger partial charge in [-0.15, -0.1) is 0 Å². The zero-order valence-corrected chi connectivity index (χ0v) is 11.4. The number of primary amides is 1. The summed E-state index contributed by atoms with van der Waals surface area (Å²) >= 11 is 0. The smallest absolute Gasteiger partial charge is 0.264 e. The van der Waals surface area contributed by atoms with E-state index in [1.165, 1.54) is 17.1 Å². The van der Waals surface area contributed by atoms with E-state index in [4.69, 9.17) is 5.73 Å². The molecule has 3 aromatic rings. The highest BCUT2D eigenvalue weighted by atomic mass is 16.2. The molecule has 2 aromatic heterocycles. The molecule has 0 aliphatic heterocycles. The number of aryl methyl sites for hydroxylation is 1. The molecule has 2 N–H and O–H groups in total. The minimum atomic E-state index is -0.593. The van der Waals surface area contributed by atoms with Gasteiger partial charge in [0.1, 0.15) is 18.3 Å². The van der Waals surface area contributed by atoms with Crippen molar-refractivity contribution in [2.24, 2.45) is 5.73 Å². The van der Waals surface area contributed by atoms with E-state index in [0.29, 0.717) is 11.0 Å². The van der Waals surface area contributed by atoms with E-state index in [0.717, 1.165) is 11.3 Å². The normalized spacial score (nSPS) is 10.9. The number of benzene rings is 1. The van der Waals surface area contributed by atoms with Gasteiger partial charge in [-0.25, -0.2) is 9.67 Å². The molecule has 2 heterocycles. The molecule has 0 atom stereocenters. The lowest BCUT2D eigenvalue weighted by Crippen LogP contribution is -2.28. The molecule has 21 heavy (non-hydrogen) atoms. The molecule has 0 saturated carbocycles. The lowest BCUT2D eigenvalue weighted by atomic mass is 10.2. The number of nitrogens with zero attached hydrogens (tertiary/aromatic N) is 4. The Hall–Kier alpha value is -2.96. The maximum atomic E-state index is 12.3. The van der Waals surface area contributed by atoms with Crippen LogP contribution in [0.15, 0.2) is 41.6 Å². The molecule has 1 aromatic carbocycles.